The van der Waals surface area contributed by atoms with Gasteiger partial charge in [-0.2, -0.15) is 5.10 Å². The van der Waals surface area contributed by atoms with E-state index in [-0.39, 0.29) is 11.7 Å². The molecular formula is C17H19BrFN3O. The number of carbonyl (C=O) groups excluding carboxylic acids is 1. The van der Waals surface area contributed by atoms with Gasteiger partial charge in [-0.15, -0.1) is 0 Å². The molecular weight excluding hydrogens is 361 g/mol. The van der Waals surface area contributed by atoms with Gasteiger partial charge in [-0.25, -0.2) is 4.39 Å². The summed E-state index contributed by atoms with van der Waals surface area (Å²) in [6, 6.07) is 4.79. The van der Waals surface area contributed by atoms with Crippen LogP contribution in [0.4, 0.5) is 10.1 Å². The molecule has 1 aromatic heterocycles. The zero-order valence-electron chi connectivity index (χ0n) is 13.4. The number of aryl methyl sites for hydroxylation is 3. The Labute approximate surface area is 143 Å². The number of fused-ring (bicyclic) bond motifs is 1. The van der Waals surface area contributed by atoms with Crippen molar-refractivity contribution >= 4 is 27.5 Å². The van der Waals surface area contributed by atoms with E-state index in [1.54, 1.807) is 9.58 Å². The molecule has 1 aliphatic rings. The first-order valence-corrected chi connectivity index (χ1v) is 8.50. The van der Waals surface area contributed by atoms with Crippen LogP contribution in [0, 0.1) is 19.7 Å². The normalized spacial score (nSPS) is 15.4. The first kappa shape index (κ1) is 16.2. The maximum absolute atomic E-state index is 14.4. The zero-order valence-corrected chi connectivity index (χ0v) is 15.0. The van der Waals surface area contributed by atoms with Gasteiger partial charge in [0.15, 0.2) is 0 Å². The van der Waals surface area contributed by atoms with Crippen molar-refractivity contribution in [2.45, 2.75) is 39.7 Å². The SMILES string of the molecule is Cc1cc(C)n(C(C)C(=O)N2CCCc3cc(Br)cc(F)c32)n1. The number of rotatable bonds is 2. The molecule has 0 bridgehead atoms. The summed E-state index contributed by atoms with van der Waals surface area (Å²) >= 11 is 3.32. The van der Waals surface area contributed by atoms with E-state index in [1.165, 1.54) is 6.07 Å². The number of anilines is 1. The summed E-state index contributed by atoms with van der Waals surface area (Å²) in [6.07, 6.45) is 1.61. The molecule has 0 radical (unpaired) electrons. The van der Waals surface area contributed by atoms with Gasteiger partial charge in [0.05, 0.1) is 11.4 Å². The van der Waals surface area contributed by atoms with Gasteiger partial charge in [-0.05, 0) is 57.4 Å². The maximum Gasteiger partial charge on any atom is 0.251 e. The Morgan fingerprint density at radius 3 is 2.74 bits per heavy atom. The summed E-state index contributed by atoms with van der Waals surface area (Å²) in [5, 5.41) is 4.39. The molecule has 0 N–H and O–H groups in total. The first-order valence-electron chi connectivity index (χ1n) is 7.70. The zero-order chi connectivity index (χ0) is 16.7. The Morgan fingerprint density at radius 1 is 1.35 bits per heavy atom. The molecule has 0 spiro atoms. The second-order valence-corrected chi connectivity index (χ2v) is 6.95. The van der Waals surface area contributed by atoms with Gasteiger partial charge in [0.2, 0.25) is 0 Å². The minimum absolute atomic E-state index is 0.127. The van der Waals surface area contributed by atoms with E-state index in [2.05, 4.69) is 21.0 Å². The van der Waals surface area contributed by atoms with Crippen LogP contribution < -0.4 is 4.90 Å². The molecule has 0 saturated heterocycles. The fraction of sp³-hybridized carbons (Fsp3) is 0.412. The lowest BCUT2D eigenvalue weighted by Gasteiger charge is -2.32. The van der Waals surface area contributed by atoms with Crippen LogP contribution in [-0.4, -0.2) is 22.2 Å². The van der Waals surface area contributed by atoms with Gasteiger partial charge >= 0.3 is 0 Å². The Balaban J connectivity index is 1.97. The molecule has 0 aliphatic carbocycles. The Morgan fingerprint density at radius 2 is 2.09 bits per heavy atom. The second-order valence-electron chi connectivity index (χ2n) is 6.04. The predicted octanol–water partition coefficient (Wildman–Crippen LogP) is 3.94. The van der Waals surface area contributed by atoms with E-state index in [9.17, 15) is 9.18 Å². The van der Waals surface area contributed by atoms with Crippen molar-refractivity contribution in [2.75, 3.05) is 11.4 Å². The van der Waals surface area contributed by atoms with Crippen LogP contribution in [0.15, 0.2) is 22.7 Å². The molecule has 6 heteroatoms. The summed E-state index contributed by atoms with van der Waals surface area (Å²) < 4.78 is 16.9. The van der Waals surface area contributed by atoms with E-state index < -0.39 is 6.04 Å². The Kier molecular flexibility index (Phi) is 4.27. The van der Waals surface area contributed by atoms with Gasteiger partial charge in [0.1, 0.15) is 11.9 Å². The van der Waals surface area contributed by atoms with Crippen molar-refractivity contribution in [3.63, 3.8) is 0 Å². The van der Waals surface area contributed by atoms with E-state index in [1.807, 2.05) is 32.9 Å². The number of benzene rings is 1. The highest BCUT2D eigenvalue weighted by Gasteiger charge is 2.30. The Bertz CT molecular complexity index is 771. The molecule has 23 heavy (non-hydrogen) atoms. The molecule has 2 aromatic rings. The monoisotopic (exact) mass is 379 g/mol. The van der Waals surface area contributed by atoms with Gasteiger partial charge in [-0.3, -0.25) is 9.48 Å². The van der Waals surface area contributed by atoms with Crippen molar-refractivity contribution in [3.05, 3.63) is 45.4 Å². The average Bonchev–Trinajstić information content (AvgIpc) is 2.83. The molecule has 1 unspecified atom stereocenters. The summed E-state index contributed by atoms with van der Waals surface area (Å²) in [4.78, 5) is 14.5. The molecule has 1 atom stereocenters. The largest absolute Gasteiger partial charge is 0.308 e. The van der Waals surface area contributed by atoms with Crippen molar-refractivity contribution in [1.82, 2.24) is 9.78 Å². The van der Waals surface area contributed by atoms with Crippen LogP contribution in [0.3, 0.4) is 0 Å². The highest BCUT2D eigenvalue weighted by molar-refractivity contribution is 9.10. The molecule has 1 amide bonds. The topological polar surface area (TPSA) is 38.1 Å². The van der Waals surface area contributed by atoms with Crippen LogP contribution in [0.5, 0.6) is 0 Å². The number of carbonyl (C=O) groups is 1. The summed E-state index contributed by atoms with van der Waals surface area (Å²) in [5.41, 5.74) is 3.09. The summed E-state index contributed by atoms with van der Waals surface area (Å²) in [7, 11) is 0. The van der Waals surface area contributed by atoms with Crippen LogP contribution >= 0.6 is 15.9 Å². The van der Waals surface area contributed by atoms with E-state index in [0.29, 0.717) is 16.7 Å². The van der Waals surface area contributed by atoms with Crippen LogP contribution in [0.2, 0.25) is 0 Å². The molecule has 1 aromatic carbocycles. The van der Waals surface area contributed by atoms with Crippen LogP contribution in [0.25, 0.3) is 0 Å². The Hall–Kier alpha value is -1.69. The van der Waals surface area contributed by atoms with Crippen molar-refractivity contribution in [2.24, 2.45) is 0 Å². The highest BCUT2D eigenvalue weighted by atomic mass is 79.9. The average molecular weight is 380 g/mol. The lowest BCUT2D eigenvalue weighted by atomic mass is 10.0. The number of aromatic nitrogens is 2. The number of nitrogens with zero attached hydrogens (tertiary/aromatic N) is 3. The highest BCUT2D eigenvalue weighted by Crippen LogP contribution is 2.34. The molecule has 3 rings (SSSR count). The van der Waals surface area contributed by atoms with Crippen LogP contribution in [0.1, 0.15) is 36.3 Å². The lowest BCUT2D eigenvalue weighted by molar-refractivity contribution is -0.121. The minimum atomic E-state index is -0.460. The fourth-order valence-electron chi connectivity index (χ4n) is 3.24. The molecule has 2 heterocycles. The van der Waals surface area contributed by atoms with Gasteiger partial charge < -0.3 is 4.90 Å². The van der Waals surface area contributed by atoms with Crippen molar-refractivity contribution in [3.8, 4) is 0 Å². The number of amides is 1. The third-order valence-electron chi connectivity index (χ3n) is 4.24. The quantitative estimate of drug-likeness (QED) is 0.792. The fourth-order valence-corrected chi connectivity index (χ4v) is 3.72. The van der Waals surface area contributed by atoms with Gasteiger partial charge in [-0.1, -0.05) is 15.9 Å². The second kappa shape index (κ2) is 6.07. The maximum atomic E-state index is 14.4. The number of hydrogen-bond acceptors (Lipinski definition) is 2. The lowest BCUT2D eigenvalue weighted by Crippen LogP contribution is -2.40. The third kappa shape index (κ3) is 2.92. The van der Waals surface area contributed by atoms with E-state index in [4.69, 9.17) is 0 Å². The summed E-state index contributed by atoms with van der Waals surface area (Å²) in [6.45, 7) is 6.17. The minimum Gasteiger partial charge on any atom is -0.308 e. The third-order valence-corrected chi connectivity index (χ3v) is 4.70. The van der Waals surface area contributed by atoms with Gasteiger partial charge in [0, 0.05) is 16.7 Å². The molecule has 1 aliphatic heterocycles. The first-order chi connectivity index (χ1) is 10.9. The smallest absolute Gasteiger partial charge is 0.251 e. The van der Waals surface area contributed by atoms with E-state index in [0.717, 1.165) is 29.8 Å². The van der Waals surface area contributed by atoms with Crippen LogP contribution in [-0.2, 0) is 11.2 Å². The molecule has 122 valence electrons. The molecule has 0 fully saturated rings. The van der Waals surface area contributed by atoms with Crippen molar-refractivity contribution < 1.29 is 9.18 Å². The number of halogens is 2. The van der Waals surface area contributed by atoms with Crippen molar-refractivity contribution in [1.29, 1.82) is 0 Å². The standard InChI is InChI=1S/C17H19BrFN3O/c1-10-7-11(2)22(20-10)12(3)17(23)21-6-4-5-13-8-14(18)9-15(19)16(13)21/h7-9,12H,4-6H2,1-3H3. The summed E-state index contributed by atoms with van der Waals surface area (Å²) in [5.74, 6) is -0.485. The predicted molar refractivity (Wildman–Crippen MR) is 91.2 cm³/mol. The van der Waals surface area contributed by atoms with Gasteiger partial charge in [0.25, 0.3) is 5.91 Å². The van der Waals surface area contributed by atoms with E-state index >= 15 is 0 Å². The number of hydrogen-bond donors (Lipinski definition) is 0. The molecule has 4 nitrogen and oxygen atoms in total. The molecule has 0 saturated carbocycles.